The van der Waals surface area contributed by atoms with Gasteiger partial charge in [0.2, 0.25) is 0 Å². The van der Waals surface area contributed by atoms with Gasteiger partial charge in [-0.25, -0.2) is 4.79 Å². The summed E-state index contributed by atoms with van der Waals surface area (Å²) in [7, 11) is 0. The number of hydrogen-bond donors (Lipinski definition) is 0. The van der Waals surface area contributed by atoms with Gasteiger partial charge in [-0.2, -0.15) is 48.3 Å². The fourth-order valence-corrected chi connectivity index (χ4v) is 1.65. The first-order valence-corrected chi connectivity index (χ1v) is 6.48. The maximum Gasteiger partial charge on any atom is 0.508 e. The first-order valence-electron chi connectivity index (χ1n) is 6.48. The molecule has 1 atom stereocenters. The second-order valence-corrected chi connectivity index (χ2v) is 5.10. The third-order valence-corrected chi connectivity index (χ3v) is 3.07. The lowest BCUT2D eigenvalue weighted by atomic mass is 10.1. The van der Waals surface area contributed by atoms with Crippen LogP contribution in [-0.2, 0) is 14.2 Å². The van der Waals surface area contributed by atoms with E-state index in [1.54, 1.807) is 0 Å². The molecule has 1 heterocycles. The molecule has 1 rings (SSSR count). The Hall–Kier alpha value is -1.54. The minimum Gasteiger partial charge on any atom is -0.430 e. The first kappa shape index (κ1) is 22.5. The summed E-state index contributed by atoms with van der Waals surface area (Å²) in [6.07, 6.45) is -20.0. The molecule has 0 aromatic carbocycles. The molecule has 154 valence electrons. The molecular formula is C11H9F11O4. The molecular weight excluding hydrogens is 405 g/mol. The molecule has 0 saturated carbocycles. The Kier molecular flexibility index (Phi) is 5.96. The van der Waals surface area contributed by atoms with Crippen LogP contribution in [0.25, 0.3) is 0 Å². The highest BCUT2D eigenvalue weighted by molar-refractivity contribution is 5.61. The SMILES string of the molecule is O=C1OCC(CC(F)(F)C(F)(F)OCCC(F)(F)C(F)(F)C(F)(F)F)O1. The molecule has 4 nitrogen and oxygen atoms in total. The summed E-state index contributed by atoms with van der Waals surface area (Å²) in [4.78, 5) is 10.5. The van der Waals surface area contributed by atoms with Crippen molar-refractivity contribution >= 4 is 6.16 Å². The van der Waals surface area contributed by atoms with E-state index >= 15 is 0 Å². The van der Waals surface area contributed by atoms with E-state index in [0.29, 0.717) is 0 Å². The standard InChI is InChI=1S/C11H9F11O4/c12-7(13,9(16,17)10(18,19)20)1-2-25-11(21,22)8(14,15)3-5-4-24-6(23)26-5/h5H,1-4H2. The van der Waals surface area contributed by atoms with Gasteiger partial charge in [-0.05, 0) is 0 Å². The molecule has 26 heavy (non-hydrogen) atoms. The molecule has 0 amide bonds. The average molecular weight is 414 g/mol. The number of ether oxygens (including phenoxy) is 3. The van der Waals surface area contributed by atoms with Crippen molar-refractivity contribution in [2.75, 3.05) is 13.2 Å². The van der Waals surface area contributed by atoms with Crippen LogP contribution in [-0.4, -0.2) is 55.5 Å². The largest absolute Gasteiger partial charge is 0.508 e. The molecule has 0 aromatic rings. The Morgan fingerprint density at radius 3 is 1.88 bits per heavy atom. The summed E-state index contributed by atoms with van der Waals surface area (Å²) in [5.41, 5.74) is 0. The fourth-order valence-electron chi connectivity index (χ4n) is 1.65. The van der Waals surface area contributed by atoms with Crippen molar-refractivity contribution in [1.82, 2.24) is 0 Å². The minimum atomic E-state index is -6.70. The van der Waals surface area contributed by atoms with Gasteiger partial charge >= 0.3 is 36.2 Å². The number of carbonyl (C=O) groups excluding carboxylic acids is 1. The molecule has 0 aromatic heterocycles. The van der Waals surface area contributed by atoms with Crippen molar-refractivity contribution in [3.8, 4) is 0 Å². The van der Waals surface area contributed by atoms with Gasteiger partial charge in [0.1, 0.15) is 12.7 Å². The number of carbonyl (C=O) groups is 1. The highest BCUT2D eigenvalue weighted by atomic mass is 19.4. The summed E-state index contributed by atoms with van der Waals surface area (Å²) in [5, 5.41) is 0. The Bertz CT molecular complexity index is 517. The summed E-state index contributed by atoms with van der Waals surface area (Å²) < 4.78 is 151. The Balaban J connectivity index is 2.68. The maximum absolute atomic E-state index is 13.4. The average Bonchev–Trinajstić information content (AvgIpc) is 2.81. The summed E-state index contributed by atoms with van der Waals surface area (Å²) in [6.45, 7) is -3.07. The molecule has 0 N–H and O–H groups in total. The first-order chi connectivity index (χ1) is 11.4. The molecule has 0 bridgehead atoms. The van der Waals surface area contributed by atoms with Crippen molar-refractivity contribution in [2.45, 2.75) is 49.0 Å². The van der Waals surface area contributed by atoms with Crippen LogP contribution in [0.5, 0.6) is 0 Å². The summed E-state index contributed by atoms with van der Waals surface area (Å²) in [6, 6.07) is 0. The van der Waals surface area contributed by atoms with Gasteiger partial charge in [-0.15, -0.1) is 0 Å². The van der Waals surface area contributed by atoms with Gasteiger partial charge < -0.3 is 14.2 Å². The van der Waals surface area contributed by atoms with Gasteiger partial charge in [0.25, 0.3) is 0 Å². The van der Waals surface area contributed by atoms with Gasteiger partial charge in [0.15, 0.2) is 0 Å². The van der Waals surface area contributed by atoms with E-state index in [9.17, 15) is 53.1 Å². The van der Waals surface area contributed by atoms with E-state index in [1.165, 1.54) is 0 Å². The van der Waals surface area contributed by atoms with E-state index in [-0.39, 0.29) is 0 Å². The molecule has 0 radical (unpaired) electrons. The highest BCUT2D eigenvalue weighted by Gasteiger charge is 2.72. The molecule has 15 heteroatoms. The Labute approximate surface area is 137 Å². The predicted molar refractivity (Wildman–Crippen MR) is 57.3 cm³/mol. The molecule has 1 fully saturated rings. The van der Waals surface area contributed by atoms with E-state index in [2.05, 4.69) is 14.2 Å². The van der Waals surface area contributed by atoms with E-state index in [4.69, 9.17) is 0 Å². The van der Waals surface area contributed by atoms with Crippen LogP contribution in [0.4, 0.5) is 53.1 Å². The van der Waals surface area contributed by atoms with Crippen molar-refractivity contribution in [1.29, 1.82) is 0 Å². The fraction of sp³-hybridized carbons (Fsp3) is 0.909. The smallest absolute Gasteiger partial charge is 0.430 e. The van der Waals surface area contributed by atoms with Crippen molar-refractivity contribution in [3.63, 3.8) is 0 Å². The molecule has 1 unspecified atom stereocenters. The van der Waals surface area contributed by atoms with Gasteiger partial charge in [0.05, 0.1) is 13.0 Å². The quantitative estimate of drug-likeness (QED) is 0.437. The zero-order valence-electron chi connectivity index (χ0n) is 12.2. The molecule has 1 aliphatic rings. The topological polar surface area (TPSA) is 44.8 Å². The molecule has 1 aliphatic heterocycles. The summed E-state index contributed by atoms with van der Waals surface area (Å²) >= 11 is 0. The monoisotopic (exact) mass is 414 g/mol. The van der Waals surface area contributed by atoms with Crippen LogP contribution in [0.2, 0.25) is 0 Å². The van der Waals surface area contributed by atoms with Crippen molar-refractivity contribution < 1.29 is 67.3 Å². The van der Waals surface area contributed by atoms with Crippen molar-refractivity contribution in [3.05, 3.63) is 0 Å². The number of alkyl halides is 11. The van der Waals surface area contributed by atoms with Crippen LogP contribution in [0.15, 0.2) is 0 Å². The van der Waals surface area contributed by atoms with Crippen LogP contribution in [0.3, 0.4) is 0 Å². The van der Waals surface area contributed by atoms with E-state index in [0.717, 1.165) is 0 Å². The molecule has 0 aliphatic carbocycles. The third kappa shape index (κ3) is 4.59. The van der Waals surface area contributed by atoms with Gasteiger partial charge in [-0.3, -0.25) is 0 Å². The van der Waals surface area contributed by atoms with Crippen LogP contribution in [0, 0.1) is 0 Å². The van der Waals surface area contributed by atoms with Crippen molar-refractivity contribution in [2.24, 2.45) is 0 Å². The second-order valence-electron chi connectivity index (χ2n) is 5.10. The second kappa shape index (κ2) is 6.88. The Morgan fingerprint density at radius 2 is 1.46 bits per heavy atom. The van der Waals surface area contributed by atoms with E-state index in [1.807, 2.05) is 0 Å². The third-order valence-electron chi connectivity index (χ3n) is 3.07. The number of halogens is 11. The van der Waals surface area contributed by atoms with Crippen LogP contribution in [0.1, 0.15) is 12.8 Å². The van der Waals surface area contributed by atoms with Crippen LogP contribution < -0.4 is 0 Å². The minimum absolute atomic E-state index is 0.819. The predicted octanol–water partition coefficient (Wildman–Crippen LogP) is 4.38. The lowest BCUT2D eigenvalue weighted by Gasteiger charge is -2.30. The zero-order valence-corrected chi connectivity index (χ0v) is 12.2. The zero-order chi connectivity index (χ0) is 20.6. The lowest BCUT2D eigenvalue weighted by Crippen LogP contribution is -2.53. The van der Waals surface area contributed by atoms with E-state index < -0.39 is 68.4 Å². The highest BCUT2D eigenvalue weighted by Crippen LogP contribution is 2.48. The number of cyclic esters (lactones) is 2. The number of hydrogen-bond acceptors (Lipinski definition) is 4. The normalized spacial score (nSPS) is 20.1. The summed E-state index contributed by atoms with van der Waals surface area (Å²) in [5.74, 6) is -17.6. The Morgan fingerprint density at radius 1 is 0.923 bits per heavy atom. The van der Waals surface area contributed by atoms with Gasteiger partial charge in [-0.1, -0.05) is 0 Å². The van der Waals surface area contributed by atoms with Crippen LogP contribution >= 0.6 is 0 Å². The molecule has 0 spiro atoms. The maximum atomic E-state index is 13.4. The lowest BCUT2D eigenvalue weighted by molar-refractivity contribution is -0.372. The van der Waals surface area contributed by atoms with Gasteiger partial charge in [0, 0.05) is 6.42 Å². The number of rotatable bonds is 8. The molecule has 1 saturated heterocycles.